The number of hydrogen-bond acceptors (Lipinski definition) is 7. The first kappa shape index (κ1) is 25.3. The van der Waals surface area contributed by atoms with Crippen LogP contribution in [0, 0.1) is 11.3 Å². The smallest absolute Gasteiger partial charge is 0.235 e. The maximum Gasteiger partial charge on any atom is 0.235 e. The molecule has 1 N–H and O–H groups in total. The van der Waals surface area contributed by atoms with Crippen LogP contribution in [-0.4, -0.2) is 31.4 Å². The van der Waals surface area contributed by atoms with E-state index in [0.717, 1.165) is 64.8 Å². The summed E-state index contributed by atoms with van der Waals surface area (Å²) in [5.74, 6) is 0.773. The van der Waals surface area contributed by atoms with Crippen molar-refractivity contribution in [2.24, 2.45) is 0 Å². The second-order valence-electron chi connectivity index (χ2n) is 9.35. The van der Waals surface area contributed by atoms with Gasteiger partial charge in [-0.25, -0.2) is 4.98 Å². The number of pyridine rings is 1. The number of carbonyl (C=O) groups is 1. The first-order valence-corrected chi connectivity index (χ1v) is 14.8. The number of rotatable bonds is 7. The van der Waals surface area contributed by atoms with Crippen LogP contribution in [0.1, 0.15) is 35.8 Å². The molecule has 3 heterocycles. The molecule has 2 aromatic carbocycles. The molecule has 7 nitrogen and oxygen atoms in total. The first-order valence-electron chi connectivity index (χ1n) is 13.0. The van der Waals surface area contributed by atoms with Crippen molar-refractivity contribution in [1.29, 1.82) is 5.26 Å². The predicted octanol–water partition coefficient (Wildman–Crippen LogP) is 6.72. The van der Waals surface area contributed by atoms with Gasteiger partial charge in [-0.3, -0.25) is 4.79 Å². The van der Waals surface area contributed by atoms with Crippen molar-refractivity contribution in [3.8, 4) is 28.7 Å². The van der Waals surface area contributed by atoms with Crippen LogP contribution in [0.4, 0.5) is 5.00 Å². The van der Waals surface area contributed by atoms with Gasteiger partial charge in [0.25, 0.3) is 0 Å². The number of para-hydroxylation sites is 1. The van der Waals surface area contributed by atoms with Gasteiger partial charge < -0.3 is 9.88 Å². The summed E-state index contributed by atoms with van der Waals surface area (Å²) in [6.07, 6.45) is 4.13. The number of benzene rings is 2. The number of aryl methyl sites for hydroxylation is 1. The van der Waals surface area contributed by atoms with E-state index >= 15 is 0 Å². The van der Waals surface area contributed by atoms with Crippen LogP contribution in [0.5, 0.6) is 0 Å². The van der Waals surface area contributed by atoms with E-state index in [2.05, 4.69) is 33.7 Å². The minimum atomic E-state index is -0.150. The fourth-order valence-electron chi connectivity index (χ4n) is 5.06. The highest BCUT2D eigenvalue weighted by atomic mass is 32.2. The lowest BCUT2D eigenvalue weighted by molar-refractivity contribution is -0.113. The molecule has 9 heteroatoms. The summed E-state index contributed by atoms with van der Waals surface area (Å²) in [7, 11) is 0. The number of hydrogen-bond donors (Lipinski definition) is 1. The van der Waals surface area contributed by atoms with E-state index in [0.29, 0.717) is 22.3 Å². The minimum absolute atomic E-state index is 0.150. The largest absolute Gasteiger partial charge is 0.316 e. The number of nitriles is 1. The van der Waals surface area contributed by atoms with Gasteiger partial charge in [-0.05, 0) is 50.3 Å². The highest BCUT2D eigenvalue weighted by molar-refractivity contribution is 7.99. The van der Waals surface area contributed by atoms with Crippen molar-refractivity contribution < 1.29 is 4.79 Å². The Labute approximate surface area is 234 Å². The van der Waals surface area contributed by atoms with Gasteiger partial charge in [-0.1, -0.05) is 60.3 Å². The van der Waals surface area contributed by atoms with Crippen molar-refractivity contribution in [2.45, 2.75) is 44.3 Å². The average Bonchev–Trinajstić information content (AvgIpc) is 3.56. The zero-order valence-electron chi connectivity index (χ0n) is 21.5. The Morgan fingerprint density at radius 2 is 1.90 bits per heavy atom. The van der Waals surface area contributed by atoms with Crippen LogP contribution >= 0.6 is 23.1 Å². The zero-order chi connectivity index (χ0) is 26.8. The Morgan fingerprint density at radius 3 is 2.72 bits per heavy atom. The summed E-state index contributed by atoms with van der Waals surface area (Å²) >= 11 is 2.90. The first-order chi connectivity index (χ1) is 19.2. The molecule has 0 saturated heterocycles. The molecule has 39 heavy (non-hydrogen) atoms. The monoisotopic (exact) mass is 550 g/mol. The Morgan fingerprint density at radius 1 is 1.10 bits per heavy atom. The maximum atomic E-state index is 12.9. The molecular weight excluding hydrogens is 525 g/mol. The van der Waals surface area contributed by atoms with Gasteiger partial charge in [0.05, 0.1) is 22.5 Å². The van der Waals surface area contributed by atoms with Gasteiger partial charge in [0, 0.05) is 27.9 Å². The lowest BCUT2D eigenvalue weighted by Crippen LogP contribution is -2.14. The molecule has 0 fully saturated rings. The number of thioether (sulfide) groups is 1. The number of thiophene rings is 1. The summed E-state index contributed by atoms with van der Waals surface area (Å²) in [5, 5.41) is 24.1. The fraction of sp³-hybridized carbons (Fsp3) is 0.233. The average molecular weight is 551 g/mol. The van der Waals surface area contributed by atoms with Crippen molar-refractivity contribution in [2.75, 3.05) is 11.1 Å². The number of aromatic nitrogens is 4. The molecule has 6 rings (SSSR count). The molecule has 0 atom stereocenters. The van der Waals surface area contributed by atoms with Crippen LogP contribution in [0.25, 0.3) is 33.5 Å². The molecule has 0 radical (unpaired) electrons. The maximum absolute atomic E-state index is 12.9. The van der Waals surface area contributed by atoms with E-state index in [1.807, 2.05) is 60.0 Å². The minimum Gasteiger partial charge on any atom is -0.316 e. The summed E-state index contributed by atoms with van der Waals surface area (Å²) < 4.78 is 2.04. The van der Waals surface area contributed by atoms with Crippen molar-refractivity contribution in [3.63, 3.8) is 0 Å². The molecule has 1 aliphatic carbocycles. The summed E-state index contributed by atoms with van der Waals surface area (Å²) in [4.78, 5) is 19.0. The Balaban J connectivity index is 1.27. The van der Waals surface area contributed by atoms with E-state index in [4.69, 9.17) is 4.98 Å². The fourth-order valence-corrected chi connectivity index (χ4v) is 7.12. The Hall–Kier alpha value is -4.00. The standard InChI is InChI=1S/C30H26N6OS2/c1-2-36-28(22-16-25(19-10-4-3-5-11-19)32-24-14-8-6-12-20(22)24)34-35-30(36)38-18-27(37)33-29-23(17-31)21-13-7-9-15-26(21)39-29/h3-6,8,10-12,14,16H,2,7,9,13,15,18H2,1H3,(H,33,37). The van der Waals surface area contributed by atoms with E-state index in [9.17, 15) is 10.1 Å². The molecule has 0 saturated carbocycles. The van der Waals surface area contributed by atoms with Crippen molar-refractivity contribution in [3.05, 3.63) is 76.7 Å². The highest BCUT2D eigenvalue weighted by Crippen LogP contribution is 2.38. The molecule has 0 aliphatic heterocycles. The zero-order valence-corrected chi connectivity index (χ0v) is 23.1. The van der Waals surface area contributed by atoms with E-state index in [-0.39, 0.29) is 11.7 Å². The lowest BCUT2D eigenvalue weighted by Gasteiger charge is -2.12. The van der Waals surface area contributed by atoms with Gasteiger partial charge in [-0.2, -0.15) is 5.26 Å². The van der Waals surface area contributed by atoms with Crippen molar-refractivity contribution in [1.82, 2.24) is 19.7 Å². The van der Waals surface area contributed by atoms with Crippen LogP contribution < -0.4 is 5.32 Å². The predicted molar refractivity (Wildman–Crippen MR) is 157 cm³/mol. The number of carbonyl (C=O) groups excluding carboxylic acids is 1. The molecule has 1 amide bonds. The van der Waals surface area contributed by atoms with Crippen LogP contribution in [0.2, 0.25) is 0 Å². The molecule has 0 spiro atoms. The van der Waals surface area contributed by atoms with Gasteiger partial charge in [0.1, 0.15) is 11.1 Å². The number of nitrogens with zero attached hydrogens (tertiary/aromatic N) is 5. The Kier molecular flexibility index (Phi) is 7.14. The highest BCUT2D eigenvalue weighted by Gasteiger charge is 2.23. The molecule has 0 unspecified atom stereocenters. The second kappa shape index (κ2) is 11.0. The normalized spacial score (nSPS) is 12.7. The number of amides is 1. The van der Waals surface area contributed by atoms with E-state index < -0.39 is 0 Å². The summed E-state index contributed by atoms with van der Waals surface area (Å²) in [5.41, 5.74) is 5.49. The number of anilines is 1. The van der Waals surface area contributed by atoms with E-state index in [1.165, 1.54) is 16.6 Å². The molecule has 1 aliphatic rings. The molecule has 194 valence electrons. The number of fused-ring (bicyclic) bond motifs is 2. The topological polar surface area (TPSA) is 96.5 Å². The lowest BCUT2D eigenvalue weighted by atomic mass is 9.96. The number of nitrogens with one attached hydrogen (secondary N) is 1. The molecule has 3 aromatic heterocycles. The summed E-state index contributed by atoms with van der Waals surface area (Å²) in [6.45, 7) is 2.70. The van der Waals surface area contributed by atoms with Crippen LogP contribution in [0.15, 0.2) is 65.8 Å². The van der Waals surface area contributed by atoms with Crippen LogP contribution in [-0.2, 0) is 24.2 Å². The summed E-state index contributed by atoms with van der Waals surface area (Å²) in [6, 6.07) is 22.5. The third-order valence-corrected chi connectivity index (χ3v) is 9.10. The molecular formula is C30H26N6OS2. The molecule has 5 aromatic rings. The Bertz CT molecular complexity index is 1720. The van der Waals surface area contributed by atoms with Crippen molar-refractivity contribution >= 4 is 44.9 Å². The quantitative estimate of drug-likeness (QED) is 0.226. The van der Waals surface area contributed by atoms with E-state index in [1.54, 1.807) is 11.3 Å². The SMILES string of the molecule is CCn1c(SCC(=O)Nc2sc3c(c2C#N)CCCC3)nnc1-c1cc(-c2ccccc2)nc2ccccc12. The van der Waals surface area contributed by atoms with Gasteiger partial charge in [0.15, 0.2) is 11.0 Å². The third kappa shape index (κ3) is 4.93. The van der Waals surface area contributed by atoms with Gasteiger partial charge in [-0.15, -0.1) is 21.5 Å². The van der Waals surface area contributed by atoms with Gasteiger partial charge in [0.2, 0.25) is 5.91 Å². The second-order valence-corrected chi connectivity index (χ2v) is 11.4. The van der Waals surface area contributed by atoms with Gasteiger partial charge >= 0.3 is 0 Å². The molecule has 0 bridgehead atoms. The van der Waals surface area contributed by atoms with Crippen LogP contribution in [0.3, 0.4) is 0 Å². The third-order valence-electron chi connectivity index (χ3n) is 6.93.